The van der Waals surface area contributed by atoms with E-state index >= 15 is 0 Å². The van der Waals surface area contributed by atoms with E-state index in [1.165, 1.54) is 0 Å². The van der Waals surface area contributed by atoms with Crippen LogP contribution in [0.1, 0.15) is 32.1 Å². The van der Waals surface area contributed by atoms with Crippen molar-refractivity contribution >= 4 is 17.7 Å². The molecule has 0 aromatic carbocycles. The van der Waals surface area contributed by atoms with E-state index in [1.807, 2.05) is 0 Å². The van der Waals surface area contributed by atoms with Crippen LogP contribution in [-0.2, 0) is 14.4 Å². The highest BCUT2D eigenvalue weighted by Gasteiger charge is 2.22. The Hall–Kier alpha value is -1.51. The van der Waals surface area contributed by atoms with E-state index in [1.54, 1.807) is 0 Å². The molecule has 0 aliphatic rings. The smallest absolute Gasteiger partial charge is 0.320 e. The summed E-state index contributed by atoms with van der Waals surface area (Å²) < 4.78 is 0. The Bertz CT molecular complexity index is 334. The van der Waals surface area contributed by atoms with Gasteiger partial charge in [0.2, 0.25) is 0 Å². The molecule has 8 nitrogen and oxygen atoms in total. The molecule has 0 amide bonds. The Labute approximate surface area is 110 Å². The van der Waals surface area contributed by atoms with E-state index in [-0.39, 0.29) is 25.7 Å². The van der Waals surface area contributed by atoms with Crippen molar-refractivity contribution in [3.63, 3.8) is 0 Å². The maximum Gasteiger partial charge on any atom is 0.320 e. The first-order chi connectivity index (χ1) is 8.75. The van der Waals surface area contributed by atoms with Crippen LogP contribution in [0.25, 0.3) is 0 Å². The van der Waals surface area contributed by atoms with Gasteiger partial charge < -0.3 is 27.4 Å². The average molecular weight is 275 g/mol. The largest absolute Gasteiger partial charge is 0.481 e. The fourth-order valence-electron chi connectivity index (χ4n) is 1.52. The number of hydrogen-bond acceptors (Lipinski definition) is 6. The summed E-state index contributed by atoms with van der Waals surface area (Å²) in [6.45, 7) is 0. The van der Waals surface area contributed by atoms with E-state index in [2.05, 4.69) is 0 Å². The van der Waals surface area contributed by atoms with Gasteiger partial charge in [-0.3, -0.25) is 14.4 Å². The minimum atomic E-state index is -1.10. The third-order valence-electron chi connectivity index (χ3n) is 2.75. The summed E-state index contributed by atoms with van der Waals surface area (Å²) in [4.78, 5) is 32.5. The van der Waals surface area contributed by atoms with Gasteiger partial charge in [0.1, 0.15) is 6.04 Å². The van der Waals surface area contributed by atoms with Gasteiger partial charge in [-0.05, 0) is 25.7 Å². The highest BCUT2D eigenvalue weighted by Crippen LogP contribution is 2.06. The molecule has 1 unspecified atom stereocenters. The van der Waals surface area contributed by atoms with Crippen LogP contribution >= 0.6 is 0 Å². The minimum Gasteiger partial charge on any atom is -0.481 e. The highest BCUT2D eigenvalue weighted by molar-refractivity contribution is 5.89. The number of carboxylic acid groups (broad SMARTS) is 2. The van der Waals surface area contributed by atoms with Gasteiger partial charge in [0.15, 0.2) is 5.78 Å². The van der Waals surface area contributed by atoms with E-state index in [9.17, 15) is 14.4 Å². The van der Waals surface area contributed by atoms with E-state index < -0.39 is 35.8 Å². The van der Waals surface area contributed by atoms with Crippen molar-refractivity contribution in [2.75, 3.05) is 0 Å². The Morgan fingerprint density at radius 2 is 1.32 bits per heavy atom. The number of Topliss-reactive ketones (excluding diaryl/α,β-unsaturated/α-hetero) is 1. The lowest BCUT2D eigenvalue weighted by Crippen LogP contribution is -2.43. The molecule has 8 N–H and O–H groups in total. The lowest BCUT2D eigenvalue weighted by molar-refractivity contribution is -0.139. The number of carbonyl (C=O) groups excluding carboxylic acids is 1. The number of aliphatic carboxylic acids is 2. The molecule has 0 rings (SSSR count). The van der Waals surface area contributed by atoms with Crippen molar-refractivity contribution < 1.29 is 24.6 Å². The van der Waals surface area contributed by atoms with E-state index in [0.717, 1.165) is 0 Å². The predicted octanol–water partition coefficient (Wildman–Crippen LogP) is -1.34. The normalized spacial score (nSPS) is 15.5. The molecule has 0 heterocycles. The number of rotatable bonds is 10. The predicted molar refractivity (Wildman–Crippen MR) is 67.3 cm³/mol. The van der Waals surface area contributed by atoms with Crippen molar-refractivity contribution in [1.29, 1.82) is 0 Å². The summed E-state index contributed by atoms with van der Waals surface area (Å²) >= 11 is 0. The molecule has 0 aromatic rings. The first kappa shape index (κ1) is 17.5. The summed E-state index contributed by atoms with van der Waals surface area (Å²) in [5.41, 5.74) is 16.5. The first-order valence-corrected chi connectivity index (χ1v) is 6.00. The standard InChI is InChI=1S/C11H21N3O5/c12-6(2-1-3-8(14)11(18)19)10(17)7(13)4-5-9(15)16/h6-8H,1-5,12-14H2,(H,15,16)(H,18,19)/t6?,7-,8-/m0/s1. The van der Waals surface area contributed by atoms with Gasteiger partial charge in [-0.1, -0.05) is 0 Å². The highest BCUT2D eigenvalue weighted by atomic mass is 16.4. The summed E-state index contributed by atoms with van der Waals surface area (Å²) in [7, 11) is 0. The van der Waals surface area contributed by atoms with Crippen LogP contribution in [0.4, 0.5) is 0 Å². The summed E-state index contributed by atoms with van der Waals surface area (Å²) in [5, 5.41) is 17.0. The Kier molecular flexibility index (Phi) is 7.89. The maximum absolute atomic E-state index is 11.7. The number of nitrogens with two attached hydrogens (primary N) is 3. The van der Waals surface area contributed by atoms with Gasteiger partial charge in [0.25, 0.3) is 0 Å². The fourth-order valence-corrected chi connectivity index (χ4v) is 1.52. The van der Waals surface area contributed by atoms with Gasteiger partial charge in [0.05, 0.1) is 12.1 Å². The van der Waals surface area contributed by atoms with Crippen LogP contribution in [0.3, 0.4) is 0 Å². The molecule has 19 heavy (non-hydrogen) atoms. The molecule has 0 saturated heterocycles. The molecule has 0 fully saturated rings. The van der Waals surface area contributed by atoms with Gasteiger partial charge in [0, 0.05) is 6.42 Å². The van der Waals surface area contributed by atoms with Crippen molar-refractivity contribution in [2.45, 2.75) is 50.2 Å². The average Bonchev–Trinajstić information content (AvgIpc) is 2.34. The van der Waals surface area contributed by atoms with Crippen LogP contribution in [0.2, 0.25) is 0 Å². The molecule has 0 aliphatic carbocycles. The third-order valence-corrected chi connectivity index (χ3v) is 2.75. The molecule has 8 heteroatoms. The van der Waals surface area contributed by atoms with E-state index in [4.69, 9.17) is 27.4 Å². The zero-order valence-electron chi connectivity index (χ0n) is 10.6. The van der Waals surface area contributed by atoms with E-state index in [0.29, 0.717) is 6.42 Å². The minimum absolute atomic E-state index is 0.0382. The van der Waals surface area contributed by atoms with Gasteiger partial charge in [-0.2, -0.15) is 0 Å². The second-order valence-electron chi connectivity index (χ2n) is 4.42. The molecule has 0 radical (unpaired) electrons. The second kappa shape index (κ2) is 8.57. The number of carbonyl (C=O) groups is 3. The van der Waals surface area contributed by atoms with Gasteiger partial charge in [-0.15, -0.1) is 0 Å². The Morgan fingerprint density at radius 1 is 0.842 bits per heavy atom. The SMILES string of the molecule is NC(CCC[C@H](N)C(=O)O)C(=O)[C@@H](N)CCC(=O)O. The van der Waals surface area contributed by atoms with Crippen LogP contribution in [0.15, 0.2) is 0 Å². The van der Waals surface area contributed by atoms with Crippen molar-refractivity contribution in [3.05, 3.63) is 0 Å². The zero-order valence-corrected chi connectivity index (χ0v) is 10.6. The van der Waals surface area contributed by atoms with Crippen molar-refractivity contribution in [2.24, 2.45) is 17.2 Å². The molecular weight excluding hydrogens is 254 g/mol. The van der Waals surface area contributed by atoms with Crippen LogP contribution in [0.5, 0.6) is 0 Å². The summed E-state index contributed by atoms with van der Waals surface area (Å²) in [6, 6.07) is -2.69. The Morgan fingerprint density at radius 3 is 1.79 bits per heavy atom. The summed E-state index contributed by atoms with van der Waals surface area (Å²) in [5.74, 6) is -2.53. The first-order valence-electron chi connectivity index (χ1n) is 6.00. The molecule has 3 atom stereocenters. The van der Waals surface area contributed by atoms with Crippen LogP contribution in [0, 0.1) is 0 Å². The molecule has 0 aliphatic heterocycles. The molecule has 110 valence electrons. The quantitative estimate of drug-likeness (QED) is 0.326. The molecular formula is C11H21N3O5. The van der Waals surface area contributed by atoms with Gasteiger partial charge >= 0.3 is 11.9 Å². The van der Waals surface area contributed by atoms with Crippen LogP contribution in [-0.4, -0.2) is 46.1 Å². The fraction of sp³-hybridized carbons (Fsp3) is 0.727. The Balaban J connectivity index is 3.99. The number of carboxylic acids is 2. The topological polar surface area (TPSA) is 170 Å². The molecule has 0 saturated carbocycles. The molecule has 0 aromatic heterocycles. The zero-order chi connectivity index (χ0) is 15.0. The number of hydrogen-bond donors (Lipinski definition) is 5. The van der Waals surface area contributed by atoms with Crippen LogP contribution < -0.4 is 17.2 Å². The van der Waals surface area contributed by atoms with Gasteiger partial charge in [-0.25, -0.2) is 0 Å². The second-order valence-corrected chi connectivity index (χ2v) is 4.42. The van der Waals surface area contributed by atoms with Crippen molar-refractivity contribution in [3.8, 4) is 0 Å². The lowest BCUT2D eigenvalue weighted by Gasteiger charge is -2.16. The molecule has 0 spiro atoms. The monoisotopic (exact) mass is 275 g/mol. The van der Waals surface area contributed by atoms with Crippen molar-refractivity contribution in [1.82, 2.24) is 0 Å². The summed E-state index contributed by atoms with van der Waals surface area (Å²) in [6.07, 6.45) is 0.743. The lowest BCUT2D eigenvalue weighted by atomic mass is 9.97. The molecule has 0 bridgehead atoms. The third kappa shape index (κ3) is 7.50. The number of ketones is 1. The maximum atomic E-state index is 11.7.